The lowest BCUT2D eigenvalue weighted by molar-refractivity contribution is 0.107. The van der Waals surface area contributed by atoms with Gasteiger partial charge in [0.2, 0.25) is 0 Å². The molecule has 2 heterocycles. The van der Waals surface area contributed by atoms with E-state index in [1.165, 1.54) is 0 Å². The van der Waals surface area contributed by atoms with Gasteiger partial charge in [-0.15, -0.1) is 0 Å². The van der Waals surface area contributed by atoms with E-state index in [4.69, 9.17) is 10.5 Å². The van der Waals surface area contributed by atoms with Crippen LogP contribution >= 0.6 is 0 Å². The number of nitrogens with two attached hydrogens (primary N) is 1. The van der Waals surface area contributed by atoms with Gasteiger partial charge in [-0.3, -0.25) is 4.90 Å². The molecule has 0 amide bonds. The maximum Gasteiger partial charge on any atom is 0.127 e. The minimum Gasteiger partial charge on any atom is -0.383 e. The Morgan fingerprint density at radius 1 is 1.67 bits per heavy atom. The molecule has 1 aromatic rings. The normalized spacial score (nSPS) is 22.1. The van der Waals surface area contributed by atoms with Gasteiger partial charge in [-0.1, -0.05) is 6.07 Å². The number of nitrogen functional groups attached to an aromatic ring is 1. The molecule has 2 rings (SSSR count). The lowest BCUT2D eigenvalue weighted by Crippen LogP contribution is -2.23. The smallest absolute Gasteiger partial charge is 0.127 e. The molecular weight excluding hydrogens is 190 g/mol. The number of nitrogens with zero attached hydrogens (tertiary/aromatic N) is 2. The monoisotopic (exact) mass is 207 g/mol. The molecule has 0 radical (unpaired) electrons. The Morgan fingerprint density at radius 2 is 2.53 bits per heavy atom. The predicted molar refractivity (Wildman–Crippen MR) is 59.3 cm³/mol. The molecule has 1 saturated heterocycles. The minimum atomic E-state index is 0.378. The van der Waals surface area contributed by atoms with Gasteiger partial charge in [-0.05, 0) is 12.5 Å². The zero-order chi connectivity index (χ0) is 10.7. The standard InChI is InChI=1S/C11H17N3O/c1-15-10-4-6-14(8-10)7-9-3-2-5-13-11(9)12/h2-3,5,10H,4,6-8H2,1H3,(H2,12,13). The van der Waals surface area contributed by atoms with Crippen molar-refractivity contribution in [3.8, 4) is 0 Å². The summed E-state index contributed by atoms with van der Waals surface area (Å²) in [7, 11) is 1.77. The number of methoxy groups -OCH3 is 1. The number of ether oxygens (including phenoxy) is 1. The van der Waals surface area contributed by atoms with Crippen molar-refractivity contribution in [3.05, 3.63) is 23.9 Å². The van der Waals surface area contributed by atoms with Gasteiger partial charge in [0, 0.05) is 38.5 Å². The molecule has 2 N–H and O–H groups in total. The molecule has 0 spiro atoms. The van der Waals surface area contributed by atoms with E-state index in [0.717, 1.165) is 31.6 Å². The third kappa shape index (κ3) is 2.46. The second-order valence-electron chi connectivity index (χ2n) is 3.93. The molecule has 1 aliphatic rings. The Labute approximate surface area is 90.0 Å². The fraction of sp³-hybridized carbons (Fsp3) is 0.545. The Morgan fingerprint density at radius 3 is 3.20 bits per heavy atom. The van der Waals surface area contributed by atoms with Crippen molar-refractivity contribution in [2.75, 3.05) is 25.9 Å². The molecule has 1 aromatic heterocycles. The van der Waals surface area contributed by atoms with Gasteiger partial charge in [-0.25, -0.2) is 4.98 Å². The fourth-order valence-electron chi connectivity index (χ4n) is 1.96. The zero-order valence-corrected chi connectivity index (χ0v) is 9.02. The van der Waals surface area contributed by atoms with Crippen molar-refractivity contribution in [1.82, 2.24) is 9.88 Å². The number of rotatable bonds is 3. The third-order valence-electron chi connectivity index (χ3n) is 2.88. The Hall–Kier alpha value is -1.13. The molecule has 1 fully saturated rings. The highest BCUT2D eigenvalue weighted by Gasteiger charge is 2.22. The lowest BCUT2D eigenvalue weighted by atomic mass is 10.2. The van der Waals surface area contributed by atoms with Crippen molar-refractivity contribution in [3.63, 3.8) is 0 Å². The van der Waals surface area contributed by atoms with E-state index in [9.17, 15) is 0 Å². The molecule has 4 nitrogen and oxygen atoms in total. The first-order valence-corrected chi connectivity index (χ1v) is 5.24. The average molecular weight is 207 g/mol. The molecule has 82 valence electrons. The van der Waals surface area contributed by atoms with E-state index in [1.54, 1.807) is 13.3 Å². The molecule has 0 aromatic carbocycles. The molecule has 0 saturated carbocycles. The van der Waals surface area contributed by atoms with Gasteiger partial charge in [0.05, 0.1) is 6.10 Å². The highest BCUT2D eigenvalue weighted by Crippen LogP contribution is 2.17. The van der Waals surface area contributed by atoms with Crippen LogP contribution in [0.15, 0.2) is 18.3 Å². The Kier molecular flexibility index (Phi) is 3.18. The summed E-state index contributed by atoms with van der Waals surface area (Å²) < 4.78 is 5.32. The molecule has 15 heavy (non-hydrogen) atoms. The van der Waals surface area contributed by atoms with E-state index < -0.39 is 0 Å². The first kappa shape index (κ1) is 10.4. The highest BCUT2D eigenvalue weighted by molar-refractivity contribution is 5.38. The molecular formula is C11H17N3O. The fourth-order valence-corrected chi connectivity index (χ4v) is 1.96. The van der Waals surface area contributed by atoms with E-state index >= 15 is 0 Å². The SMILES string of the molecule is COC1CCN(Cc2cccnc2N)C1. The second kappa shape index (κ2) is 4.59. The van der Waals surface area contributed by atoms with Crippen molar-refractivity contribution in [2.24, 2.45) is 0 Å². The number of pyridine rings is 1. The number of hydrogen-bond donors (Lipinski definition) is 1. The van der Waals surface area contributed by atoms with E-state index in [0.29, 0.717) is 11.9 Å². The summed E-state index contributed by atoms with van der Waals surface area (Å²) in [6.45, 7) is 2.94. The maximum absolute atomic E-state index is 5.80. The number of likely N-dealkylation sites (tertiary alicyclic amines) is 1. The summed E-state index contributed by atoms with van der Waals surface area (Å²) in [6, 6.07) is 3.96. The predicted octanol–water partition coefficient (Wildman–Crippen LogP) is 0.885. The second-order valence-corrected chi connectivity index (χ2v) is 3.93. The molecule has 1 atom stereocenters. The Bertz CT molecular complexity index is 329. The van der Waals surface area contributed by atoms with Crippen molar-refractivity contribution < 1.29 is 4.74 Å². The largest absolute Gasteiger partial charge is 0.383 e. The minimum absolute atomic E-state index is 0.378. The van der Waals surface area contributed by atoms with Crippen LogP contribution in [0.3, 0.4) is 0 Å². The highest BCUT2D eigenvalue weighted by atomic mass is 16.5. The first-order valence-electron chi connectivity index (χ1n) is 5.24. The van der Waals surface area contributed by atoms with E-state index in [1.807, 2.05) is 12.1 Å². The van der Waals surface area contributed by atoms with Crippen LogP contribution in [0.2, 0.25) is 0 Å². The molecule has 4 heteroatoms. The molecule has 0 aliphatic carbocycles. The Balaban J connectivity index is 1.96. The topological polar surface area (TPSA) is 51.4 Å². The number of anilines is 1. The number of aromatic nitrogens is 1. The summed E-state index contributed by atoms with van der Waals surface area (Å²) in [4.78, 5) is 6.43. The van der Waals surface area contributed by atoms with Crippen molar-refractivity contribution >= 4 is 5.82 Å². The summed E-state index contributed by atoms with van der Waals surface area (Å²) in [6.07, 6.45) is 3.21. The first-order chi connectivity index (χ1) is 7.29. The van der Waals surface area contributed by atoms with Crippen molar-refractivity contribution in [2.45, 2.75) is 19.1 Å². The molecule has 0 bridgehead atoms. The van der Waals surface area contributed by atoms with Crippen LogP contribution in [-0.4, -0.2) is 36.2 Å². The van der Waals surface area contributed by atoms with Gasteiger partial charge >= 0.3 is 0 Å². The zero-order valence-electron chi connectivity index (χ0n) is 9.02. The number of hydrogen-bond acceptors (Lipinski definition) is 4. The van der Waals surface area contributed by atoms with Gasteiger partial charge in [0.25, 0.3) is 0 Å². The summed E-state index contributed by atoms with van der Waals surface area (Å²) in [5.41, 5.74) is 6.90. The van der Waals surface area contributed by atoms with Crippen LogP contribution in [0, 0.1) is 0 Å². The summed E-state index contributed by atoms with van der Waals surface area (Å²) in [5.74, 6) is 0.637. The van der Waals surface area contributed by atoms with Crippen molar-refractivity contribution in [1.29, 1.82) is 0 Å². The molecule has 1 unspecified atom stereocenters. The van der Waals surface area contributed by atoms with Gasteiger partial charge < -0.3 is 10.5 Å². The van der Waals surface area contributed by atoms with Crippen LogP contribution in [0.4, 0.5) is 5.82 Å². The third-order valence-corrected chi connectivity index (χ3v) is 2.88. The maximum atomic E-state index is 5.80. The molecule has 1 aliphatic heterocycles. The van der Waals surface area contributed by atoms with Gasteiger partial charge in [0.1, 0.15) is 5.82 Å². The van der Waals surface area contributed by atoms with E-state index in [-0.39, 0.29) is 0 Å². The summed E-state index contributed by atoms with van der Waals surface area (Å²) in [5, 5.41) is 0. The van der Waals surface area contributed by atoms with Gasteiger partial charge in [-0.2, -0.15) is 0 Å². The lowest BCUT2D eigenvalue weighted by Gasteiger charge is -2.16. The average Bonchev–Trinajstić information content (AvgIpc) is 2.69. The van der Waals surface area contributed by atoms with Crippen LogP contribution in [0.25, 0.3) is 0 Å². The van der Waals surface area contributed by atoms with E-state index in [2.05, 4.69) is 9.88 Å². The van der Waals surface area contributed by atoms with Crippen LogP contribution < -0.4 is 5.73 Å². The quantitative estimate of drug-likeness (QED) is 0.799. The summed E-state index contributed by atoms with van der Waals surface area (Å²) >= 11 is 0. The van der Waals surface area contributed by atoms with Crippen LogP contribution in [-0.2, 0) is 11.3 Å². The van der Waals surface area contributed by atoms with Crippen LogP contribution in [0.5, 0.6) is 0 Å². The van der Waals surface area contributed by atoms with Gasteiger partial charge in [0.15, 0.2) is 0 Å². The van der Waals surface area contributed by atoms with Crippen LogP contribution in [0.1, 0.15) is 12.0 Å².